The van der Waals surface area contributed by atoms with E-state index < -0.39 is 0 Å². The van der Waals surface area contributed by atoms with Crippen LogP contribution in [0.2, 0.25) is 0 Å². The first-order valence-electron chi connectivity index (χ1n) is 7.98. The molecule has 4 rings (SSSR count). The van der Waals surface area contributed by atoms with Crippen molar-refractivity contribution in [3.8, 4) is 5.75 Å². The summed E-state index contributed by atoms with van der Waals surface area (Å²) in [6.45, 7) is 0.527. The molecule has 0 amide bonds. The molecule has 126 valence electrons. The van der Waals surface area contributed by atoms with Gasteiger partial charge < -0.3 is 10.5 Å². The van der Waals surface area contributed by atoms with Crippen LogP contribution in [0, 0.1) is 0 Å². The van der Waals surface area contributed by atoms with Crippen LogP contribution in [0.1, 0.15) is 11.4 Å². The highest BCUT2D eigenvalue weighted by Gasteiger charge is 2.19. The number of para-hydroxylation sites is 1. The molecule has 2 heterocycles. The first kappa shape index (κ1) is 15.7. The van der Waals surface area contributed by atoms with Gasteiger partial charge in [0, 0.05) is 17.9 Å². The summed E-state index contributed by atoms with van der Waals surface area (Å²) >= 11 is 1.63. The monoisotopic (exact) mass is 351 g/mol. The van der Waals surface area contributed by atoms with Crippen molar-refractivity contribution in [3.63, 3.8) is 0 Å². The second kappa shape index (κ2) is 6.98. The number of anilines is 1. The van der Waals surface area contributed by atoms with Gasteiger partial charge in [-0.05, 0) is 29.8 Å². The van der Waals surface area contributed by atoms with Crippen molar-refractivity contribution in [1.82, 2.24) is 14.9 Å². The molecule has 2 N–H and O–H groups in total. The van der Waals surface area contributed by atoms with Gasteiger partial charge in [-0.1, -0.05) is 42.1 Å². The van der Waals surface area contributed by atoms with Gasteiger partial charge in [-0.3, -0.25) is 0 Å². The average Bonchev–Trinajstić information content (AvgIpc) is 3.06. The Morgan fingerprint density at radius 1 is 1.04 bits per heavy atom. The molecule has 0 saturated heterocycles. The summed E-state index contributed by atoms with van der Waals surface area (Å²) in [5, 5.41) is 14.0. The quantitative estimate of drug-likeness (QED) is 0.715. The Kier molecular flexibility index (Phi) is 4.39. The Hall–Kier alpha value is -2.80. The molecular formula is C18H17N5OS. The van der Waals surface area contributed by atoms with Gasteiger partial charge in [0.15, 0.2) is 5.82 Å². The van der Waals surface area contributed by atoms with Crippen molar-refractivity contribution in [1.29, 1.82) is 0 Å². The van der Waals surface area contributed by atoms with Crippen LogP contribution in [-0.2, 0) is 6.42 Å². The molecule has 0 atom stereocenters. The molecular weight excluding hydrogens is 334 g/mol. The third-order valence-corrected chi connectivity index (χ3v) is 4.75. The van der Waals surface area contributed by atoms with Crippen LogP contribution in [-0.4, -0.2) is 32.9 Å². The second-order valence-corrected chi connectivity index (χ2v) is 6.52. The molecule has 7 heteroatoms. The summed E-state index contributed by atoms with van der Waals surface area (Å²) < 4.78 is 7.56. The molecule has 3 aromatic rings. The fourth-order valence-electron chi connectivity index (χ4n) is 2.52. The summed E-state index contributed by atoms with van der Waals surface area (Å²) in [5.74, 6) is 2.41. The molecule has 0 fully saturated rings. The number of fused-ring (bicyclic) bond motifs is 1. The van der Waals surface area contributed by atoms with Crippen LogP contribution >= 0.6 is 11.8 Å². The molecule has 0 bridgehead atoms. The minimum absolute atomic E-state index is 0.527. The standard InChI is InChI=1S/C18H17N5OS/c19-14-8-6-13(7-9-14)16-12-25-18-21-20-17(23(18)22-16)10-11-24-15-4-2-1-3-5-15/h1-9H,10-12,19H2. The van der Waals surface area contributed by atoms with Gasteiger partial charge in [0.25, 0.3) is 0 Å². The third-order valence-electron chi connectivity index (χ3n) is 3.82. The van der Waals surface area contributed by atoms with Gasteiger partial charge in [0.05, 0.1) is 12.3 Å². The highest BCUT2D eigenvalue weighted by atomic mass is 32.2. The molecule has 25 heavy (non-hydrogen) atoms. The summed E-state index contributed by atoms with van der Waals surface area (Å²) in [7, 11) is 0. The summed E-state index contributed by atoms with van der Waals surface area (Å²) in [5.41, 5.74) is 8.56. The summed E-state index contributed by atoms with van der Waals surface area (Å²) in [6.07, 6.45) is 0.640. The Morgan fingerprint density at radius 2 is 1.84 bits per heavy atom. The molecule has 0 unspecified atom stereocenters. The van der Waals surface area contributed by atoms with Crippen molar-refractivity contribution >= 4 is 23.2 Å². The normalized spacial score (nSPS) is 13.2. The van der Waals surface area contributed by atoms with E-state index in [1.54, 1.807) is 11.8 Å². The fourth-order valence-corrected chi connectivity index (χ4v) is 3.38. The lowest BCUT2D eigenvalue weighted by Crippen LogP contribution is -2.15. The van der Waals surface area contributed by atoms with Crippen LogP contribution < -0.4 is 10.5 Å². The van der Waals surface area contributed by atoms with Gasteiger partial charge >= 0.3 is 0 Å². The van der Waals surface area contributed by atoms with Crippen LogP contribution in [0.4, 0.5) is 5.69 Å². The maximum atomic E-state index is 5.76. The second-order valence-electron chi connectivity index (χ2n) is 5.58. The Labute approximate surface area is 149 Å². The number of nitrogen functional groups attached to an aromatic ring is 1. The van der Waals surface area contributed by atoms with Crippen LogP contribution in [0.3, 0.4) is 0 Å². The lowest BCUT2D eigenvalue weighted by molar-refractivity contribution is 0.317. The Bertz CT molecular complexity index is 890. The van der Waals surface area contributed by atoms with Gasteiger partial charge in [0.2, 0.25) is 5.16 Å². The highest BCUT2D eigenvalue weighted by molar-refractivity contribution is 7.99. The van der Waals surface area contributed by atoms with E-state index in [9.17, 15) is 0 Å². The van der Waals surface area contributed by atoms with Crippen LogP contribution in [0.5, 0.6) is 5.75 Å². The molecule has 0 aliphatic carbocycles. The lowest BCUT2D eigenvalue weighted by atomic mass is 10.1. The third kappa shape index (κ3) is 3.51. The van der Waals surface area contributed by atoms with Crippen molar-refractivity contribution < 1.29 is 4.74 Å². The number of thioether (sulfide) groups is 1. The SMILES string of the molecule is Nc1ccc(C2=Nn3c(CCOc4ccccc4)nnc3SC2)cc1. The minimum atomic E-state index is 0.527. The average molecular weight is 351 g/mol. The Balaban J connectivity index is 1.50. The zero-order valence-corrected chi connectivity index (χ0v) is 14.3. The predicted octanol–water partition coefficient (Wildman–Crippen LogP) is 2.84. The van der Waals surface area contributed by atoms with Gasteiger partial charge in [-0.15, -0.1) is 10.2 Å². The first-order valence-corrected chi connectivity index (χ1v) is 8.97. The number of rotatable bonds is 5. The number of aromatic nitrogens is 3. The number of nitrogens with zero attached hydrogens (tertiary/aromatic N) is 4. The molecule has 0 spiro atoms. The topological polar surface area (TPSA) is 78.3 Å². The molecule has 1 aliphatic rings. The molecule has 0 radical (unpaired) electrons. The zero-order valence-electron chi connectivity index (χ0n) is 13.5. The van der Waals surface area contributed by atoms with E-state index in [1.165, 1.54) is 0 Å². The van der Waals surface area contributed by atoms with Crippen LogP contribution in [0.25, 0.3) is 0 Å². The van der Waals surface area contributed by atoms with E-state index in [1.807, 2.05) is 59.3 Å². The van der Waals surface area contributed by atoms with E-state index in [2.05, 4.69) is 10.2 Å². The van der Waals surface area contributed by atoms with Crippen molar-refractivity contribution in [3.05, 3.63) is 66.0 Å². The number of hydrogen-bond acceptors (Lipinski definition) is 6. The predicted molar refractivity (Wildman–Crippen MR) is 99.2 cm³/mol. The lowest BCUT2D eigenvalue weighted by Gasteiger charge is -2.14. The number of benzene rings is 2. The van der Waals surface area contributed by atoms with Crippen molar-refractivity contribution in [2.45, 2.75) is 11.6 Å². The number of hydrogen-bond donors (Lipinski definition) is 1. The summed E-state index contributed by atoms with van der Waals surface area (Å²) in [4.78, 5) is 0. The summed E-state index contributed by atoms with van der Waals surface area (Å²) in [6, 6.07) is 17.5. The fraction of sp³-hybridized carbons (Fsp3) is 0.167. The molecule has 1 aromatic heterocycles. The number of ether oxygens (including phenoxy) is 1. The Morgan fingerprint density at radius 3 is 2.64 bits per heavy atom. The maximum Gasteiger partial charge on any atom is 0.212 e. The van der Waals surface area contributed by atoms with Gasteiger partial charge in [0.1, 0.15) is 5.75 Å². The van der Waals surface area contributed by atoms with E-state index >= 15 is 0 Å². The highest BCUT2D eigenvalue weighted by Crippen LogP contribution is 2.24. The largest absolute Gasteiger partial charge is 0.493 e. The molecule has 0 saturated carbocycles. The van der Waals surface area contributed by atoms with E-state index in [0.29, 0.717) is 13.0 Å². The van der Waals surface area contributed by atoms with E-state index in [4.69, 9.17) is 15.6 Å². The minimum Gasteiger partial charge on any atom is -0.493 e. The molecule has 1 aliphatic heterocycles. The molecule has 2 aromatic carbocycles. The van der Waals surface area contributed by atoms with Crippen LogP contribution in [0.15, 0.2) is 64.9 Å². The van der Waals surface area contributed by atoms with Gasteiger partial charge in [-0.25, -0.2) is 0 Å². The number of nitrogens with two attached hydrogens (primary N) is 1. The van der Waals surface area contributed by atoms with Crippen molar-refractivity contribution in [2.24, 2.45) is 5.10 Å². The van der Waals surface area contributed by atoms with Gasteiger partial charge in [-0.2, -0.15) is 9.78 Å². The molecule has 6 nitrogen and oxygen atoms in total. The van der Waals surface area contributed by atoms with E-state index in [-0.39, 0.29) is 0 Å². The zero-order chi connectivity index (χ0) is 17.1. The first-order chi connectivity index (χ1) is 12.3. The van der Waals surface area contributed by atoms with Crippen molar-refractivity contribution in [2.75, 3.05) is 18.1 Å². The smallest absolute Gasteiger partial charge is 0.212 e. The maximum absolute atomic E-state index is 5.76. The van der Waals surface area contributed by atoms with E-state index in [0.717, 1.165) is 39.4 Å².